The molecule has 74 valence electrons. The van der Waals surface area contributed by atoms with Crippen molar-refractivity contribution in [3.05, 3.63) is 23.8 Å². The Bertz CT molecular complexity index is 368. The standard InChI is InChI=1S/C10H13N3O/c1-7-12-5-4-8(13-7)9(14)10(2,3)6-11/h4-5,9,14H,1-3H3. The second-order valence-electron chi connectivity index (χ2n) is 3.76. The third kappa shape index (κ3) is 2.06. The van der Waals surface area contributed by atoms with Gasteiger partial charge in [-0.05, 0) is 26.8 Å². The maximum atomic E-state index is 9.86. The Kier molecular flexibility index (Phi) is 2.82. The lowest BCUT2D eigenvalue weighted by Gasteiger charge is -2.22. The fourth-order valence-electron chi connectivity index (χ4n) is 1.06. The molecule has 1 unspecified atom stereocenters. The van der Waals surface area contributed by atoms with Crippen LogP contribution in [0.2, 0.25) is 0 Å². The highest BCUT2D eigenvalue weighted by atomic mass is 16.3. The zero-order valence-corrected chi connectivity index (χ0v) is 8.52. The van der Waals surface area contributed by atoms with Crippen molar-refractivity contribution in [2.75, 3.05) is 0 Å². The molecular formula is C10H13N3O. The molecule has 14 heavy (non-hydrogen) atoms. The molecule has 0 bridgehead atoms. The Balaban J connectivity index is 3.02. The van der Waals surface area contributed by atoms with Crippen LogP contribution < -0.4 is 0 Å². The van der Waals surface area contributed by atoms with Crippen molar-refractivity contribution in [1.82, 2.24) is 9.97 Å². The number of aryl methyl sites for hydroxylation is 1. The fourth-order valence-corrected chi connectivity index (χ4v) is 1.06. The lowest BCUT2D eigenvalue weighted by Crippen LogP contribution is -2.21. The molecule has 0 fully saturated rings. The van der Waals surface area contributed by atoms with Crippen LogP contribution in [0.3, 0.4) is 0 Å². The normalized spacial score (nSPS) is 13.4. The Morgan fingerprint density at radius 1 is 1.57 bits per heavy atom. The number of aliphatic hydroxyl groups excluding tert-OH is 1. The average Bonchev–Trinajstić information content (AvgIpc) is 2.16. The zero-order chi connectivity index (χ0) is 10.8. The molecule has 4 heteroatoms. The molecule has 1 rings (SSSR count). The van der Waals surface area contributed by atoms with E-state index in [1.54, 1.807) is 33.0 Å². The molecule has 4 nitrogen and oxygen atoms in total. The Hall–Kier alpha value is -1.47. The summed E-state index contributed by atoms with van der Waals surface area (Å²) in [7, 11) is 0. The van der Waals surface area contributed by atoms with Crippen LogP contribution in [0.5, 0.6) is 0 Å². The Labute approximate surface area is 83.2 Å². The molecule has 0 spiro atoms. The molecule has 1 atom stereocenters. The molecule has 0 aliphatic rings. The molecular weight excluding hydrogens is 178 g/mol. The monoisotopic (exact) mass is 191 g/mol. The van der Waals surface area contributed by atoms with E-state index in [0.717, 1.165) is 0 Å². The number of aliphatic hydroxyl groups is 1. The molecule has 1 aromatic heterocycles. The number of nitrogens with zero attached hydrogens (tertiary/aromatic N) is 3. The molecule has 0 radical (unpaired) electrons. The van der Waals surface area contributed by atoms with Crippen LogP contribution in [-0.2, 0) is 0 Å². The van der Waals surface area contributed by atoms with Crippen LogP contribution in [-0.4, -0.2) is 15.1 Å². The first-order chi connectivity index (χ1) is 6.47. The van der Waals surface area contributed by atoms with Gasteiger partial charge < -0.3 is 5.11 Å². The summed E-state index contributed by atoms with van der Waals surface area (Å²) in [6, 6.07) is 3.67. The highest BCUT2D eigenvalue weighted by Gasteiger charge is 2.30. The van der Waals surface area contributed by atoms with Gasteiger partial charge in [0.25, 0.3) is 0 Å². The van der Waals surface area contributed by atoms with E-state index in [1.807, 2.05) is 6.07 Å². The molecule has 0 aliphatic carbocycles. The molecule has 0 aromatic carbocycles. The highest BCUT2D eigenvalue weighted by molar-refractivity contribution is 5.12. The summed E-state index contributed by atoms with van der Waals surface area (Å²) in [5.74, 6) is 0.593. The second kappa shape index (κ2) is 3.72. The van der Waals surface area contributed by atoms with Gasteiger partial charge in [-0.2, -0.15) is 5.26 Å². The molecule has 0 saturated carbocycles. The first kappa shape index (κ1) is 10.6. The van der Waals surface area contributed by atoms with Crippen LogP contribution >= 0.6 is 0 Å². The van der Waals surface area contributed by atoms with Gasteiger partial charge in [-0.15, -0.1) is 0 Å². The van der Waals surface area contributed by atoms with E-state index in [-0.39, 0.29) is 0 Å². The quantitative estimate of drug-likeness (QED) is 0.766. The van der Waals surface area contributed by atoms with E-state index in [9.17, 15) is 5.11 Å². The Morgan fingerprint density at radius 3 is 2.71 bits per heavy atom. The largest absolute Gasteiger partial charge is 0.385 e. The van der Waals surface area contributed by atoms with E-state index in [4.69, 9.17) is 5.26 Å². The van der Waals surface area contributed by atoms with Gasteiger partial charge in [0, 0.05) is 6.20 Å². The molecule has 1 heterocycles. The minimum atomic E-state index is -0.880. The van der Waals surface area contributed by atoms with Gasteiger partial charge in [0.15, 0.2) is 0 Å². The summed E-state index contributed by atoms with van der Waals surface area (Å²) >= 11 is 0. The van der Waals surface area contributed by atoms with E-state index >= 15 is 0 Å². The van der Waals surface area contributed by atoms with E-state index in [1.165, 1.54) is 0 Å². The fraction of sp³-hybridized carbons (Fsp3) is 0.500. The predicted octanol–water partition coefficient (Wildman–Crippen LogP) is 1.37. The molecule has 1 N–H and O–H groups in total. The molecule has 0 saturated heterocycles. The summed E-state index contributed by atoms with van der Waals surface area (Å²) in [4.78, 5) is 8.00. The summed E-state index contributed by atoms with van der Waals surface area (Å²) in [5.41, 5.74) is -0.343. The van der Waals surface area contributed by atoms with Crippen LogP contribution in [0.15, 0.2) is 12.3 Å². The van der Waals surface area contributed by atoms with Gasteiger partial charge in [0.1, 0.15) is 11.9 Å². The van der Waals surface area contributed by atoms with Crippen molar-refractivity contribution in [3.8, 4) is 6.07 Å². The number of nitriles is 1. The van der Waals surface area contributed by atoms with Gasteiger partial charge in [-0.3, -0.25) is 0 Å². The topological polar surface area (TPSA) is 69.8 Å². The van der Waals surface area contributed by atoms with Crippen molar-refractivity contribution in [3.63, 3.8) is 0 Å². The Morgan fingerprint density at radius 2 is 2.21 bits per heavy atom. The number of rotatable bonds is 2. The molecule has 0 amide bonds. The summed E-state index contributed by atoms with van der Waals surface area (Å²) in [5, 5.41) is 18.7. The van der Waals surface area contributed by atoms with E-state index in [2.05, 4.69) is 9.97 Å². The third-order valence-electron chi connectivity index (χ3n) is 2.05. The summed E-state index contributed by atoms with van der Waals surface area (Å²) < 4.78 is 0. The van der Waals surface area contributed by atoms with Crippen LogP contribution in [0.1, 0.15) is 31.5 Å². The first-order valence-electron chi connectivity index (χ1n) is 4.36. The van der Waals surface area contributed by atoms with Gasteiger partial charge in [-0.1, -0.05) is 0 Å². The van der Waals surface area contributed by atoms with Crippen LogP contribution in [0, 0.1) is 23.7 Å². The maximum absolute atomic E-state index is 9.86. The minimum Gasteiger partial charge on any atom is -0.385 e. The third-order valence-corrected chi connectivity index (χ3v) is 2.05. The van der Waals surface area contributed by atoms with E-state index < -0.39 is 11.5 Å². The van der Waals surface area contributed by atoms with Crippen LogP contribution in [0.4, 0.5) is 0 Å². The summed E-state index contributed by atoms with van der Waals surface area (Å²) in [6.07, 6.45) is 0.697. The lowest BCUT2D eigenvalue weighted by atomic mass is 9.86. The lowest BCUT2D eigenvalue weighted by molar-refractivity contribution is 0.0824. The van der Waals surface area contributed by atoms with Gasteiger partial charge in [0.2, 0.25) is 0 Å². The van der Waals surface area contributed by atoms with Gasteiger partial charge >= 0.3 is 0 Å². The maximum Gasteiger partial charge on any atom is 0.125 e. The van der Waals surface area contributed by atoms with Crippen molar-refractivity contribution in [1.29, 1.82) is 5.26 Å². The van der Waals surface area contributed by atoms with Crippen molar-refractivity contribution in [2.45, 2.75) is 26.9 Å². The number of aromatic nitrogens is 2. The molecule has 0 aliphatic heterocycles. The average molecular weight is 191 g/mol. The van der Waals surface area contributed by atoms with Gasteiger partial charge in [-0.25, -0.2) is 9.97 Å². The van der Waals surface area contributed by atoms with Crippen LogP contribution in [0.25, 0.3) is 0 Å². The molecule has 1 aromatic rings. The van der Waals surface area contributed by atoms with Crippen molar-refractivity contribution < 1.29 is 5.11 Å². The van der Waals surface area contributed by atoms with Crippen molar-refractivity contribution >= 4 is 0 Å². The zero-order valence-electron chi connectivity index (χ0n) is 8.52. The number of hydrogen-bond donors (Lipinski definition) is 1. The first-order valence-corrected chi connectivity index (χ1v) is 4.36. The van der Waals surface area contributed by atoms with Crippen molar-refractivity contribution in [2.24, 2.45) is 5.41 Å². The highest BCUT2D eigenvalue weighted by Crippen LogP contribution is 2.30. The smallest absolute Gasteiger partial charge is 0.125 e. The minimum absolute atomic E-state index is 0.490. The SMILES string of the molecule is Cc1nccc(C(O)C(C)(C)C#N)n1. The van der Waals surface area contributed by atoms with Gasteiger partial charge in [0.05, 0.1) is 17.2 Å². The predicted molar refractivity (Wildman–Crippen MR) is 51.1 cm³/mol. The van der Waals surface area contributed by atoms with E-state index in [0.29, 0.717) is 11.5 Å². The number of hydrogen-bond acceptors (Lipinski definition) is 4. The summed E-state index contributed by atoms with van der Waals surface area (Å²) in [6.45, 7) is 5.10. The second-order valence-corrected chi connectivity index (χ2v) is 3.76.